The van der Waals surface area contributed by atoms with Crippen molar-refractivity contribution in [1.82, 2.24) is 10.6 Å². The van der Waals surface area contributed by atoms with Crippen LogP contribution in [0.2, 0.25) is 5.02 Å². The van der Waals surface area contributed by atoms with Crippen molar-refractivity contribution in [1.29, 1.82) is 0 Å². The Morgan fingerprint density at radius 3 is 2.39 bits per heavy atom. The van der Waals surface area contributed by atoms with Gasteiger partial charge in [-0.3, -0.25) is 9.59 Å². The molecule has 31 heavy (non-hydrogen) atoms. The zero-order valence-electron chi connectivity index (χ0n) is 16.9. The Kier molecular flexibility index (Phi) is 6.13. The van der Waals surface area contributed by atoms with E-state index in [0.717, 1.165) is 0 Å². The Balaban J connectivity index is 1.32. The van der Waals surface area contributed by atoms with Crippen molar-refractivity contribution in [2.24, 2.45) is 0 Å². The average Bonchev–Trinajstić information content (AvgIpc) is 3.21. The third-order valence-electron chi connectivity index (χ3n) is 5.55. The second kappa shape index (κ2) is 8.98. The molecule has 0 bridgehead atoms. The Hall–Kier alpha value is -3.06. The van der Waals surface area contributed by atoms with E-state index in [1.807, 2.05) is 0 Å². The number of furan rings is 1. The second-order valence-corrected chi connectivity index (χ2v) is 8.10. The van der Waals surface area contributed by atoms with Gasteiger partial charge in [-0.15, -0.1) is 0 Å². The van der Waals surface area contributed by atoms with Crippen LogP contribution >= 0.6 is 11.6 Å². The maximum absolute atomic E-state index is 14.3. The molecule has 0 unspecified atom stereocenters. The molecular weight excluding hydrogens is 423 g/mol. The quantitative estimate of drug-likeness (QED) is 0.597. The van der Waals surface area contributed by atoms with Crippen molar-refractivity contribution in [3.8, 4) is 5.75 Å². The number of benzene rings is 2. The lowest BCUT2D eigenvalue weighted by atomic mass is 9.90. The topological polar surface area (TPSA) is 80.6 Å². The third-order valence-corrected chi connectivity index (χ3v) is 5.77. The molecule has 1 aliphatic carbocycles. The highest BCUT2D eigenvalue weighted by Crippen LogP contribution is 2.24. The van der Waals surface area contributed by atoms with Gasteiger partial charge in [-0.1, -0.05) is 11.6 Å². The van der Waals surface area contributed by atoms with Crippen LogP contribution in [0.4, 0.5) is 4.39 Å². The van der Waals surface area contributed by atoms with Crippen LogP contribution in [0.1, 0.15) is 46.4 Å². The van der Waals surface area contributed by atoms with Gasteiger partial charge in [0.1, 0.15) is 17.1 Å². The molecule has 3 aromatic rings. The van der Waals surface area contributed by atoms with Gasteiger partial charge in [0, 0.05) is 34.1 Å². The standard InChI is InChI=1S/C23H22ClFN2O4/c1-30-18-9-14(8-15(24)11-18)22(28)26-16-2-4-17(5-3-16)27-23(29)19-10-13-6-7-31-21(13)12-20(19)25/h6-12,16-17H,2-5H2,1H3,(H,26,28)(H,27,29). The van der Waals surface area contributed by atoms with E-state index < -0.39 is 11.7 Å². The molecule has 1 fully saturated rings. The minimum atomic E-state index is -0.613. The minimum absolute atomic E-state index is 0.000713. The molecule has 6 nitrogen and oxygen atoms in total. The maximum Gasteiger partial charge on any atom is 0.254 e. The van der Waals surface area contributed by atoms with Crippen molar-refractivity contribution < 1.29 is 23.1 Å². The molecule has 0 atom stereocenters. The van der Waals surface area contributed by atoms with E-state index in [9.17, 15) is 14.0 Å². The number of carbonyl (C=O) groups excluding carboxylic acids is 2. The molecule has 0 aliphatic heterocycles. The maximum atomic E-state index is 14.3. The van der Waals surface area contributed by atoms with Gasteiger partial charge < -0.3 is 19.8 Å². The fraction of sp³-hybridized carbons (Fsp3) is 0.304. The number of ether oxygens (including phenoxy) is 1. The van der Waals surface area contributed by atoms with Crippen LogP contribution in [-0.2, 0) is 0 Å². The van der Waals surface area contributed by atoms with Crippen LogP contribution in [-0.4, -0.2) is 31.0 Å². The summed E-state index contributed by atoms with van der Waals surface area (Å²) >= 11 is 6.04. The van der Waals surface area contributed by atoms with Crippen LogP contribution in [0.3, 0.4) is 0 Å². The van der Waals surface area contributed by atoms with E-state index in [0.29, 0.717) is 53.0 Å². The predicted octanol–water partition coefficient (Wildman–Crippen LogP) is 4.70. The molecular formula is C23H22ClFN2O4. The highest BCUT2D eigenvalue weighted by molar-refractivity contribution is 6.31. The number of hydrogen-bond donors (Lipinski definition) is 2. The lowest BCUT2D eigenvalue weighted by molar-refractivity contribution is 0.0889. The summed E-state index contributed by atoms with van der Waals surface area (Å²) < 4.78 is 24.6. The fourth-order valence-electron chi connectivity index (χ4n) is 3.88. The van der Waals surface area contributed by atoms with Crippen LogP contribution in [0.15, 0.2) is 47.1 Å². The summed E-state index contributed by atoms with van der Waals surface area (Å²) in [5.74, 6) is -0.759. The Morgan fingerprint density at radius 1 is 1.03 bits per heavy atom. The van der Waals surface area contributed by atoms with Crippen molar-refractivity contribution in [3.05, 3.63) is 64.6 Å². The average molecular weight is 445 g/mol. The molecule has 2 aromatic carbocycles. The number of carbonyl (C=O) groups is 2. The van der Waals surface area contributed by atoms with Crippen molar-refractivity contribution >= 4 is 34.4 Å². The Bertz CT molecular complexity index is 1120. The fourth-order valence-corrected chi connectivity index (χ4v) is 4.11. The zero-order valence-corrected chi connectivity index (χ0v) is 17.7. The van der Waals surface area contributed by atoms with E-state index in [4.69, 9.17) is 20.8 Å². The van der Waals surface area contributed by atoms with Crippen LogP contribution in [0.25, 0.3) is 11.0 Å². The molecule has 4 rings (SSSR count). The van der Waals surface area contributed by atoms with E-state index in [1.54, 1.807) is 24.3 Å². The van der Waals surface area contributed by atoms with Crippen LogP contribution in [0.5, 0.6) is 5.75 Å². The van der Waals surface area contributed by atoms with E-state index >= 15 is 0 Å². The summed E-state index contributed by atoms with van der Waals surface area (Å²) in [6, 6.07) is 9.19. The SMILES string of the molecule is COc1cc(Cl)cc(C(=O)NC2CCC(NC(=O)c3cc4ccoc4cc3F)CC2)c1. The lowest BCUT2D eigenvalue weighted by Gasteiger charge is -2.29. The van der Waals surface area contributed by atoms with E-state index in [1.165, 1.54) is 25.5 Å². The minimum Gasteiger partial charge on any atom is -0.497 e. The molecule has 1 heterocycles. The number of hydrogen-bond acceptors (Lipinski definition) is 4. The van der Waals surface area contributed by atoms with Crippen molar-refractivity contribution in [3.63, 3.8) is 0 Å². The van der Waals surface area contributed by atoms with Crippen molar-refractivity contribution in [2.75, 3.05) is 7.11 Å². The van der Waals surface area contributed by atoms with Crippen LogP contribution in [0, 0.1) is 5.82 Å². The molecule has 2 N–H and O–H groups in total. The highest BCUT2D eigenvalue weighted by Gasteiger charge is 2.25. The molecule has 2 amide bonds. The first kappa shape index (κ1) is 21.2. The van der Waals surface area contributed by atoms with Crippen LogP contribution < -0.4 is 15.4 Å². The van der Waals surface area contributed by atoms with Gasteiger partial charge >= 0.3 is 0 Å². The first-order valence-electron chi connectivity index (χ1n) is 10.1. The van der Waals surface area contributed by atoms with E-state index in [2.05, 4.69) is 10.6 Å². The van der Waals surface area contributed by atoms with Gasteiger partial charge in [-0.05, 0) is 56.0 Å². The van der Waals surface area contributed by atoms with Crippen molar-refractivity contribution in [2.45, 2.75) is 37.8 Å². The number of rotatable bonds is 5. The highest BCUT2D eigenvalue weighted by atomic mass is 35.5. The van der Waals surface area contributed by atoms with Gasteiger partial charge in [0.25, 0.3) is 11.8 Å². The van der Waals surface area contributed by atoms with Gasteiger partial charge in [0.2, 0.25) is 0 Å². The number of halogens is 2. The summed E-state index contributed by atoms with van der Waals surface area (Å²) in [5, 5.41) is 7.02. The first-order chi connectivity index (χ1) is 14.9. The third kappa shape index (κ3) is 4.82. The summed E-state index contributed by atoms with van der Waals surface area (Å²) in [6.45, 7) is 0. The molecule has 0 spiro atoms. The molecule has 1 aliphatic rings. The van der Waals surface area contributed by atoms with Gasteiger partial charge in [-0.2, -0.15) is 0 Å². The molecule has 162 valence electrons. The molecule has 8 heteroatoms. The number of amides is 2. The van der Waals surface area contributed by atoms with Gasteiger partial charge in [0.15, 0.2) is 0 Å². The van der Waals surface area contributed by atoms with Gasteiger partial charge in [-0.25, -0.2) is 4.39 Å². The molecule has 0 saturated heterocycles. The molecule has 0 radical (unpaired) electrons. The van der Waals surface area contributed by atoms with E-state index in [-0.39, 0.29) is 23.6 Å². The summed E-state index contributed by atoms with van der Waals surface area (Å²) in [4.78, 5) is 25.1. The Labute approximate surface area is 183 Å². The lowest BCUT2D eigenvalue weighted by Crippen LogP contribution is -2.44. The number of nitrogens with one attached hydrogen (secondary N) is 2. The second-order valence-electron chi connectivity index (χ2n) is 7.67. The summed E-state index contributed by atoms with van der Waals surface area (Å²) in [6.07, 6.45) is 4.24. The largest absolute Gasteiger partial charge is 0.497 e. The number of fused-ring (bicyclic) bond motifs is 1. The summed E-state index contributed by atoms with van der Waals surface area (Å²) in [5.41, 5.74) is 0.840. The normalized spacial score (nSPS) is 18.5. The monoisotopic (exact) mass is 444 g/mol. The Morgan fingerprint density at radius 2 is 1.71 bits per heavy atom. The number of methoxy groups -OCH3 is 1. The summed E-state index contributed by atoms with van der Waals surface area (Å²) in [7, 11) is 1.52. The molecule has 1 aromatic heterocycles. The smallest absolute Gasteiger partial charge is 0.254 e. The molecule has 1 saturated carbocycles. The van der Waals surface area contributed by atoms with Gasteiger partial charge in [0.05, 0.1) is 18.9 Å². The zero-order chi connectivity index (χ0) is 22.0. The first-order valence-corrected chi connectivity index (χ1v) is 10.4. The predicted molar refractivity (Wildman–Crippen MR) is 115 cm³/mol.